The minimum Gasteiger partial charge on any atom is -0.493 e. The largest absolute Gasteiger partial charge is 0.493 e. The predicted octanol–water partition coefficient (Wildman–Crippen LogP) is 3.70. The van der Waals surface area contributed by atoms with Crippen LogP contribution in [0.25, 0.3) is 0 Å². The molecule has 1 amide bonds. The lowest BCUT2D eigenvalue weighted by molar-refractivity contribution is -0.159. The van der Waals surface area contributed by atoms with Crippen molar-refractivity contribution in [2.45, 2.75) is 76.5 Å². The third kappa shape index (κ3) is 5.15. The minimum atomic E-state index is -0.775. The van der Waals surface area contributed by atoms with E-state index in [-0.39, 0.29) is 24.5 Å². The van der Waals surface area contributed by atoms with Gasteiger partial charge in [0.05, 0.1) is 32.9 Å². The van der Waals surface area contributed by atoms with Crippen LogP contribution in [0.2, 0.25) is 0 Å². The Morgan fingerprint density at radius 2 is 1.85 bits per heavy atom. The summed E-state index contributed by atoms with van der Waals surface area (Å²) in [7, 11) is 1.64. The van der Waals surface area contributed by atoms with Gasteiger partial charge in [0, 0.05) is 30.6 Å². The Morgan fingerprint density at radius 1 is 1.10 bits per heavy atom. The number of aromatic nitrogens is 1. The van der Waals surface area contributed by atoms with Crippen LogP contribution in [0.4, 0.5) is 5.82 Å². The molecule has 216 valence electrons. The lowest BCUT2D eigenvalue weighted by Gasteiger charge is -2.40. The van der Waals surface area contributed by atoms with E-state index >= 15 is 0 Å². The summed E-state index contributed by atoms with van der Waals surface area (Å²) in [4.78, 5) is 22.1. The van der Waals surface area contributed by atoms with E-state index in [1.807, 2.05) is 50.1 Å². The fraction of sp³-hybridized carbons (Fsp3) is 0.613. The fourth-order valence-corrected chi connectivity index (χ4v) is 6.23. The number of anilines is 1. The fourth-order valence-electron chi connectivity index (χ4n) is 6.23. The number of ether oxygens (including phenoxy) is 4. The molecule has 1 aromatic heterocycles. The molecule has 2 aromatic rings. The quantitative estimate of drug-likeness (QED) is 0.531. The van der Waals surface area contributed by atoms with Crippen molar-refractivity contribution in [3.05, 3.63) is 47.7 Å². The van der Waals surface area contributed by atoms with Gasteiger partial charge in [-0.25, -0.2) is 4.98 Å². The Hall–Kier alpha value is -2.88. The summed E-state index contributed by atoms with van der Waals surface area (Å²) < 4.78 is 23.5. The summed E-state index contributed by atoms with van der Waals surface area (Å²) >= 11 is 0. The summed E-state index contributed by atoms with van der Waals surface area (Å²) in [6, 6.07) is 10.3. The molecule has 9 heteroatoms. The van der Waals surface area contributed by atoms with Crippen LogP contribution < -0.4 is 14.4 Å². The molecule has 9 nitrogen and oxygen atoms in total. The second-order valence-corrected chi connectivity index (χ2v) is 12.5. The van der Waals surface area contributed by atoms with Gasteiger partial charge in [-0.15, -0.1) is 0 Å². The van der Waals surface area contributed by atoms with E-state index in [1.165, 1.54) is 18.4 Å². The van der Waals surface area contributed by atoms with Gasteiger partial charge in [0.15, 0.2) is 23.4 Å². The first-order valence-corrected chi connectivity index (χ1v) is 14.4. The molecule has 0 spiro atoms. The summed E-state index contributed by atoms with van der Waals surface area (Å²) in [5.74, 6) is 2.05. The Morgan fingerprint density at radius 3 is 2.45 bits per heavy atom. The third-order valence-corrected chi connectivity index (χ3v) is 9.16. The minimum absolute atomic E-state index is 0.0155. The van der Waals surface area contributed by atoms with Crippen LogP contribution >= 0.6 is 0 Å². The highest BCUT2D eigenvalue weighted by Gasteiger charge is 2.50. The molecule has 3 aliphatic heterocycles. The summed E-state index contributed by atoms with van der Waals surface area (Å²) in [6.45, 7) is 10.1. The number of methoxy groups -OCH3 is 1. The molecule has 4 aliphatic rings. The maximum atomic E-state index is 13.4. The van der Waals surface area contributed by atoms with Crippen molar-refractivity contribution in [3.8, 4) is 11.5 Å². The van der Waals surface area contributed by atoms with Crippen LogP contribution in [0, 0.1) is 5.41 Å². The van der Waals surface area contributed by atoms with Gasteiger partial charge >= 0.3 is 0 Å². The van der Waals surface area contributed by atoms with E-state index in [2.05, 4.69) is 22.0 Å². The van der Waals surface area contributed by atoms with Crippen LogP contribution in [0.15, 0.2) is 36.5 Å². The highest BCUT2D eigenvalue weighted by Crippen LogP contribution is 2.47. The highest BCUT2D eigenvalue weighted by molar-refractivity contribution is 5.82. The number of pyridine rings is 1. The van der Waals surface area contributed by atoms with E-state index in [4.69, 9.17) is 18.9 Å². The van der Waals surface area contributed by atoms with Crippen LogP contribution in [0.5, 0.6) is 11.5 Å². The molecule has 1 unspecified atom stereocenters. The molecule has 1 aromatic carbocycles. The molecule has 0 bridgehead atoms. The SMILES string of the molecule is COc1ccc([C@@H]2CN(C(=O)[C@@H]3COC(C)(C)O3)C[C@@]2(C)C(C)O)cc1OC1CN(c2ccc(C3CC3)cn2)C1. The Kier molecular flexibility index (Phi) is 6.95. The highest BCUT2D eigenvalue weighted by atomic mass is 16.7. The third-order valence-electron chi connectivity index (χ3n) is 9.16. The van der Waals surface area contributed by atoms with Crippen LogP contribution in [-0.2, 0) is 14.3 Å². The van der Waals surface area contributed by atoms with Crippen molar-refractivity contribution in [3.63, 3.8) is 0 Å². The lowest BCUT2D eigenvalue weighted by atomic mass is 9.72. The zero-order valence-electron chi connectivity index (χ0n) is 24.1. The Labute approximate surface area is 236 Å². The zero-order chi connectivity index (χ0) is 28.2. The molecule has 4 heterocycles. The van der Waals surface area contributed by atoms with E-state index in [0.717, 1.165) is 24.5 Å². The van der Waals surface area contributed by atoms with E-state index in [9.17, 15) is 9.90 Å². The molecule has 1 N–H and O–H groups in total. The van der Waals surface area contributed by atoms with Crippen molar-refractivity contribution >= 4 is 11.7 Å². The van der Waals surface area contributed by atoms with Gasteiger partial charge in [-0.3, -0.25) is 4.79 Å². The van der Waals surface area contributed by atoms with Gasteiger partial charge < -0.3 is 33.9 Å². The zero-order valence-corrected chi connectivity index (χ0v) is 24.1. The first-order valence-electron chi connectivity index (χ1n) is 14.4. The van der Waals surface area contributed by atoms with Gasteiger partial charge in [-0.05, 0) is 68.9 Å². The maximum absolute atomic E-state index is 13.4. The Bertz CT molecular complexity index is 1240. The van der Waals surface area contributed by atoms with Crippen molar-refractivity contribution < 1.29 is 28.8 Å². The van der Waals surface area contributed by atoms with Gasteiger partial charge in [-0.2, -0.15) is 0 Å². The van der Waals surface area contributed by atoms with Gasteiger partial charge in [0.2, 0.25) is 0 Å². The molecular weight excluding hydrogens is 510 g/mol. The smallest absolute Gasteiger partial charge is 0.254 e. The van der Waals surface area contributed by atoms with Gasteiger partial charge in [0.25, 0.3) is 5.91 Å². The number of amides is 1. The average molecular weight is 552 g/mol. The number of carbonyl (C=O) groups excluding carboxylic acids is 1. The molecule has 1 aliphatic carbocycles. The number of aliphatic hydroxyl groups is 1. The van der Waals surface area contributed by atoms with Gasteiger partial charge in [-0.1, -0.05) is 19.1 Å². The molecule has 6 rings (SSSR count). The topological polar surface area (TPSA) is 93.6 Å². The van der Waals surface area contributed by atoms with Crippen LogP contribution in [0.1, 0.15) is 63.5 Å². The molecule has 3 saturated heterocycles. The van der Waals surface area contributed by atoms with Crippen molar-refractivity contribution in [1.82, 2.24) is 9.88 Å². The number of hydrogen-bond acceptors (Lipinski definition) is 8. The van der Waals surface area contributed by atoms with Gasteiger partial charge in [0.1, 0.15) is 11.9 Å². The standard InChI is InChI=1S/C31H41N3O6/c1-19(35)31(4)18-34(29(36)27-17-38-30(2,3)40-27)16-24(31)21-8-10-25(37-5)26(12-21)39-23-14-33(15-23)28-11-9-22(13-32-28)20-6-7-20/h8-13,19-20,23-24,27,35H,6-7,14-18H2,1-5H3/t19?,24-,27-,31-/m0/s1. The van der Waals surface area contributed by atoms with E-state index in [0.29, 0.717) is 30.5 Å². The average Bonchev–Trinajstić information content (AvgIpc) is 3.60. The summed E-state index contributed by atoms with van der Waals surface area (Å²) in [6.07, 6.45) is 3.31. The Balaban J connectivity index is 1.15. The van der Waals surface area contributed by atoms with Crippen molar-refractivity contribution in [2.24, 2.45) is 5.41 Å². The predicted molar refractivity (Wildman–Crippen MR) is 150 cm³/mol. The number of carbonyl (C=O) groups is 1. The lowest BCUT2D eigenvalue weighted by Crippen LogP contribution is -2.54. The normalized spacial score (nSPS) is 28.9. The number of benzene rings is 1. The van der Waals surface area contributed by atoms with Crippen LogP contribution in [-0.4, -0.2) is 84.9 Å². The van der Waals surface area contributed by atoms with Crippen molar-refractivity contribution in [1.29, 1.82) is 0 Å². The molecule has 1 saturated carbocycles. The van der Waals surface area contributed by atoms with Crippen molar-refractivity contribution in [2.75, 3.05) is 44.8 Å². The molecule has 40 heavy (non-hydrogen) atoms. The first-order chi connectivity index (χ1) is 19.1. The number of hydrogen-bond donors (Lipinski definition) is 1. The molecular formula is C31H41N3O6. The maximum Gasteiger partial charge on any atom is 0.254 e. The number of aliphatic hydroxyl groups excluding tert-OH is 1. The van der Waals surface area contributed by atoms with E-state index < -0.39 is 23.4 Å². The molecule has 0 radical (unpaired) electrons. The second kappa shape index (κ2) is 10.2. The number of likely N-dealkylation sites (tertiary alicyclic amines) is 1. The van der Waals surface area contributed by atoms with Crippen LogP contribution in [0.3, 0.4) is 0 Å². The number of nitrogens with zero attached hydrogens (tertiary/aromatic N) is 3. The summed E-state index contributed by atoms with van der Waals surface area (Å²) in [5, 5.41) is 10.9. The summed E-state index contributed by atoms with van der Waals surface area (Å²) in [5.41, 5.74) is 1.80. The molecule has 4 atom stereocenters. The van der Waals surface area contributed by atoms with E-state index in [1.54, 1.807) is 14.0 Å². The monoisotopic (exact) mass is 551 g/mol. The first kappa shape index (κ1) is 27.3. The molecule has 4 fully saturated rings. The second-order valence-electron chi connectivity index (χ2n) is 12.5. The number of rotatable bonds is 8.